The molecule has 1 saturated heterocycles. The molecule has 2 aromatic rings. The van der Waals surface area contributed by atoms with E-state index in [9.17, 15) is 9.59 Å². The molecule has 6 nitrogen and oxygen atoms in total. The van der Waals surface area contributed by atoms with Crippen molar-refractivity contribution in [3.63, 3.8) is 0 Å². The third-order valence-corrected chi connectivity index (χ3v) is 5.98. The number of hydrogen-bond donors (Lipinski definition) is 0. The topological polar surface area (TPSA) is 62.7 Å². The number of piperazine rings is 1. The van der Waals surface area contributed by atoms with Crippen molar-refractivity contribution in [3.05, 3.63) is 27.9 Å². The van der Waals surface area contributed by atoms with E-state index < -0.39 is 0 Å². The van der Waals surface area contributed by atoms with Crippen LogP contribution in [0.25, 0.3) is 10.6 Å². The first-order valence-electron chi connectivity index (χ1n) is 8.79. The van der Waals surface area contributed by atoms with Gasteiger partial charge in [-0.25, -0.2) is 4.98 Å². The van der Waals surface area contributed by atoms with Crippen molar-refractivity contribution in [1.29, 1.82) is 0 Å². The van der Waals surface area contributed by atoms with Crippen LogP contribution in [0.5, 0.6) is 0 Å². The number of thiazole rings is 1. The summed E-state index contributed by atoms with van der Waals surface area (Å²) in [6, 6.07) is 4.13. The van der Waals surface area contributed by atoms with Gasteiger partial charge in [0.15, 0.2) is 0 Å². The van der Waals surface area contributed by atoms with Crippen molar-refractivity contribution in [2.75, 3.05) is 32.8 Å². The molecular formula is C18H24ClN3O3S2. The number of carbonyl (C=O) groups excluding carboxylic acids is 2. The third kappa shape index (κ3) is 6.27. The summed E-state index contributed by atoms with van der Waals surface area (Å²) < 4.78 is 4.87. The van der Waals surface area contributed by atoms with Crippen LogP contribution >= 0.6 is 35.1 Å². The van der Waals surface area contributed by atoms with E-state index in [2.05, 4.69) is 21.7 Å². The van der Waals surface area contributed by atoms with Crippen molar-refractivity contribution in [3.8, 4) is 10.6 Å². The van der Waals surface area contributed by atoms with Gasteiger partial charge >= 0.3 is 5.97 Å². The standard InChI is InChI=1S/C18H23N3O3S2.ClH/c1-2-24-18(23)6-5-17(22)21-9-7-20(8-10-21)12-16-19-14(13-26-16)15-4-3-11-25-15;/h3-4,11,13H,2,5-10,12H2,1H3;1H. The number of aromatic nitrogens is 1. The number of ether oxygens (including phenoxy) is 1. The van der Waals surface area contributed by atoms with Gasteiger partial charge in [0, 0.05) is 38.0 Å². The number of esters is 1. The first kappa shape index (κ1) is 21.8. The number of nitrogens with zero attached hydrogens (tertiary/aromatic N) is 3. The number of amides is 1. The molecule has 0 atom stereocenters. The Morgan fingerprint density at radius 3 is 2.63 bits per heavy atom. The van der Waals surface area contributed by atoms with E-state index in [-0.39, 0.29) is 37.1 Å². The van der Waals surface area contributed by atoms with E-state index >= 15 is 0 Å². The number of thiophene rings is 1. The van der Waals surface area contributed by atoms with Crippen LogP contribution in [-0.2, 0) is 20.9 Å². The molecule has 0 N–H and O–H groups in total. The zero-order valence-electron chi connectivity index (χ0n) is 15.3. The third-order valence-electron chi connectivity index (χ3n) is 4.26. The molecule has 27 heavy (non-hydrogen) atoms. The first-order chi connectivity index (χ1) is 12.7. The van der Waals surface area contributed by atoms with Crippen LogP contribution in [0.1, 0.15) is 24.8 Å². The summed E-state index contributed by atoms with van der Waals surface area (Å²) >= 11 is 3.39. The Morgan fingerprint density at radius 1 is 1.19 bits per heavy atom. The molecule has 2 aromatic heterocycles. The van der Waals surface area contributed by atoms with E-state index in [0.29, 0.717) is 19.7 Å². The maximum absolute atomic E-state index is 12.2. The van der Waals surface area contributed by atoms with E-state index in [4.69, 9.17) is 9.72 Å². The predicted octanol–water partition coefficient (Wildman–Crippen LogP) is 3.28. The molecular weight excluding hydrogens is 406 g/mol. The lowest BCUT2D eigenvalue weighted by atomic mass is 10.2. The highest BCUT2D eigenvalue weighted by atomic mass is 35.5. The van der Waals surface area contributed by atoms with Gasteiger partial charge in [-0.3, -0.25) is 14.5 Å². The molecule has 0 saturated carbocycles. The summed E-state index contributed by atoms with van der Waals surface area (Å²) in [5, 5.41) is 5.28. The molecule has 9 heteroatoms. The van der Waals surface area contributed by atoms with Crippen LogP contribution in [0.3, 0.4) is 0 Å². The Balaban J connectivity index is 0.00000261. The highest BCUT2D eigenvalue weighted by molar-refractivity contribution is 7.14. The average molecular weight is 430 g/mol. The van der Waals surface area contributed by atoms with Gasteiger partial charge in [-0.05, 0) is 18.4 Å². The van der Waals surface area contributed by atoms with Gasteiger partial charge in [0.2, 0.25) is 5.91 Å². The van der Waals surface area contributed by atoms with Crippen LogP contribution in [0, 0.1) is 0 Å². The van der Waals surface area contributed by atoms with Gasteiger partial charge in [-0.15, -0.1) is 35.1 Å². The maximum Gasteiger partial charge on any atom is 0.306 e. The fourth-order valence-corrected chi connectivity index (χ4v) is 4.46. The van der Waals surface area contributed by atoms with Crippen LogP contribution in [0.2, 0.25) is 0 Å². The van der Waals surface area contributed by atoms with Gasteiger partial charge in [-0.1, -0.05) is 6.07 Å². The maximum atomic E-state index is 12.2. The SMILES string of the molecule is CCOC(=O)CCC(=O)N1CCN(Cc2nc(-c3cccs3)cs2)CC1.Cl. The quantitative estimate of drug-likeness (QED) is 0.632. The second kappa shape index (κ2) is 10.8. The Morgan fingerprint density at radius 2 is 1.96 bits per heavy atom. The zero-order valence-corrected chi connectivity index (χ0v) is 17.7. The summed E-state index contributed by atoms with van der Waals surface area (Å²) in [4.78, 5) is 33.7. The van der Waals surface area contributed by atoms with Gasteiger partial charge in [0.05, 0.1) is 30.1 Å². The molecule has 1 amide bonds. The molecule has 0 unspecified atom stereocenters. The minimum Gasteiger partial charge on any atom is -0.466 e. The Bertz CT molecular complexity index is 728. The van der Waals surface area contributed by atoms with Crippen LogP contribution in [0.4, 0.5) is 0 Å². The second-order valence-electron chi connectivity index (χ2n) is 6.07. The van der Waals surface area contributed by atoms with E-state index in [1.165, 1.54) is 4.88 Å². The molecule has 0 spiro atoms. The summed E-state index contributed by atoms with van der Waals surface area (Å²) in [5.41, 5.74) is 1.05. The Labute approximate surface area is 173 Å². The lowest BCUT2D eigenvalue weighted by molar-refractivity contribution is -0.146. The fraction of sp³-hybridized carbons (Fsp3) is 0.500. The number of hydrogen-bond acceptors (Lipinski definition) is 7. The van der Waals surface area contributed by atoms with Crippen LogP contribution in [-0.4, -0.2) is 59.4 Å². The molecule has 1 aliphatic heterocycles. The molecule has 148 valence electrons. The lowest BCUT2D eigenvalue weighted by Crippen LogP contribution is -2.48. The van der Waals surface area contributed by atoms with Crippen molar-refractivity contribution >= 4 is 47.0 Å². The van der Waals surface area contributed by atoms with Gasteiger partial charge in [0.1, 0.15) is 5.01 Å². The first-order valence-corrected chi connectivity index (χ1v) is 10.6. The molecule has 3 heterocycles. The van der Waals surface area contributed by atoms with Crippen LogP contribution < -0.4 is 0 Å². The zero-order chi connectivity index (χ0) is 18.4. The largest absolute Gasteiger partial charge is 0.466 e. The summed E-state index contributed by atoms with van der Waals surface area (Å²) in [5.74, 6) is -0.267. The highest BCUT2D eigenvalue weighted by Gasteiger charge is 2.22. The molecule has 1 aliphatic rings. The van der Waals surface area contributed by atoms with Crippen molar-refractivity contribution in [2.45, 2.75) is 26.3 Å². The predicted molar refractivity (Wildman–Crippen MR) is 110 cm³/mol. The normalized spacial score (nSPS) is 14.6. The van der Waals surface area contributed by atoms with Crippen LogP contribution in [0.15, 0.2) is 22.9 Å². The summed E-state index contributed by atoms with van der Waals surface area (Å²) in [6.07, 6.45) is 0.396. The second-order valence-corrected chi connectivity index (χ2v) is 7.96. The van der Waals surface area contributed by atoms with E-state index in [0.717, 1.165) is 30.3 Å². The average Bonchev–Trinajstić information content (AvgIpc) is 3.32. The fourth-order valence-electron chi connectivity index (χ4n) is 2.87. The monoisotopic (exact) mass is 429 g/mol. The Hall–Kier alpha value is -1.48. The van der Waals surface area contributed by atoms with E-state index in [1.807, 2.05) is 11.0 Å². The van der Waals surface area contributed by atoms with Gasteiger partial charge in [0.25, 0.3) is 0 Å². The lowest BCUT2D eigenvalue weighted by Gasteiger charge is -2.34. The molecule has 0 radical (unpaired) electrons. The van der Waals surface area contributed by atoms with Crippen molar-refractivity contribution in [2.24, 2.45) is 0 Å². The number of rotatable bonds is 7. The minimum absolute atomic E-state index is 0. The molecule has 0 aliphatic carbocycles. The smallest absolute Gasteiger partial charge is 0.306 e. The summed E-state index contributed by atoms with van der Waals surface area (Å²) in [6.45, 7) is 6.01. The van der Waals surface area contributed by atoms with Gasteiger partial charge < -0.3 is 9.64 Å². The highest BCUT2D eigenvalue weighted by Crippen LogP contribution is 2.26. The number of carbonyl (C=O) groups is 2. The molecule has 1 fully saturated rings. The summed E-state index contributed by atoms with van der Waals surface area (Å²) in [7, 11) is 0. The number of halogens is 1. The van der Waals surface area contributed by atoms with Crippen molar-refractivity contribution in [1.82, 2.24) is 14.8 Å². The van der Waals surface area contributed by atoms with Crippen molar-refractivity contribution < 1.29 is 14.3 Å². The Kier molecular flexibility index (Phi) is 8.69. The molecule has 0 aromatic carbocycles. The minimum atomic E-state index is -0.301. The van der Waals surface area contributed by atoms with Gasteiger partial charge in [-0.2, -0.15) is 0 Å². The van der Waals surface area contributed by atoms with E-state index in [1.54, 1.807) is 29.6 Å². The molecule has 3 rings (SSSR count). The molecule has 0 bridgehead atoms.